The summed E-state index contributed by atoms with van der Waals surface area (Å²) < 4.78 is 10.7. The minimum atomic E-state index is -0.452. The number of carbonyl (C=O) groups excluding carboxylic acids is 1. The van der Waals surface area contributed by atoms with E-state index in [-0.39, 0.29) is 24.0 Å². The Morgan fingerprint density at radius 2 is 2.17 bits per heavy atom. The Morgan fingerprint density at radius 3 is 2.72 bits per heavy atom. The first-order valence-electron chi connectivity index (χ1n) is 6.53. The van der Waals surface area contributed by atoms with Crippen LogP contribution in [0.3, 0.4) is 0 Å². The summed E-state index contributed by atoms with van der Waals surface area (Å²) in [7, 11) is 0. The summed E-state index contributed by atoms with van der Waals surface area (Å²) in [5, 5.41) is 9.39. The first-order chi connectivity index (χ1) is 8.36. The summed E-state index contributed by atoms with van der Waals surface area (Å²) in [5.41, 5.74) is -0.407. The molecule has 2 aliphatic heterocycles. The largest absolute Gasteiger partial charge is 0.444 e. The van der Waals surface area contributed by atoms with E-state index >= 15 is 0 Å². The molecule has 2 saturated heterocycles. The SMILES string of the molecule is CC(C)(C)OC(=O)N1CC2(CCOCC2CO)C1. The lowest BCUT2D eigenvalue weighted by Gasteiger charge is -2.55. The van der Waals surface area contributed by atoms with E-state index in [4.69, 9.17) is 9.47 Å². The number of hydrogen-bond donors (Lipinski definition) is 1. The predicted molar refractivity (Wildman–Crippen MR) is 66.3 cm³/mol. The second-order valence-corrected chi connectivity index (χ2v) is 6.40. The molecule has 0 aromatic rings. The van der Waals surface area contributed by atoms with E-state index < -0.39 is 5.60 Å². The molecule has 5 nitrogen and oxygen atoms in total. The lowest BCUT2D eigenvalue weighted by Crippen LogP contribution is -2.65. The van der Waals surface area contributed by atoms with E-state index in [0.717, 1.165) is 13.0 Å². The molecule has 1 unspecified atom stereocenters. The van der Waals surface area contributed by atoms with Crippen LogP contribution in [-0.2, 0) is 9.47 Å². The maximum Gasteiger partial charge on any atom is 0.410 e. The zero-order valence-electron chi connectivity index (χ0n) is 11.4. The van der Waals surface area contributed by atoms with Crippen molar-refractivity contribution >= 4 is 6.09 Å². The van der Waals surface area contributed by atoms with Crippen molar-refractivity contribution in [3.63, 3.8) is 0 Å². The van der Waals surface area contributed by atoms with Gasteiger partial charge in [-0.15, -0.1) is 0 Å². The van der Waals surface area contributed by atoms with Gasteiger partial charge in [0.1, 0.15) is 5.60 Å². The van der Waals surface area contributed by atoms with E-state index in [1.165, 1.54) is 0 Å². The standard InChI is InChI=1S/C13H23NO4/c1-12(2,3)18-11(16)14-8-13(9-14)4-5-17-7-10(13)6-15/h10,15H,4-9H2,1-3H3. The maximum absolute atomic E-state index is 11.9. The van der Waals surface area contributed by atoms with Crippen molar-refractivity contribution in [2.45, 2.75) is 32.8 Å². The number of aliphatic hydroxyl groups excluding tert-OH is 1. The van der Waals surface area contributed by atoms with Gasteiger partial charge in [-0.25, -0.2) is 4.79 Å². The first kappa shape index (κ1) is 13.6. The van der Waals surface area contributed by atoms with Gasteiger partial charge >= 0.3 is 6.09 Å². The van der Waals surface area contributed by atoms with Crippen LogP contribution in [0.25, 0.3) is 0 Å². The smallest absolute Gasteiger partial charge is 0.410 e. The molecule has 2 heterocycles. The number of aliphatic hydroxyl groups is 1. The number of nitrogens with zero attached hydrogens (tertiary/aromatic N) is 1. The normalized spacial score (nSPS) is 26.9. The van der Waals surface area contributed by atoms with Gasteiger partial charge in [0.05, 0.1) is 6.61 Å². The van der Waals surface area contributed by atoms with Crippen LogP contribution in [0.5, 0.6) is 0 Å². The average Bonchev–Trinajstić information content (AvgIpc) is 2.23. The number of ether oxygens (including phenoxy) is 2. The molecule has 5 heteroatoms. The number of amides is 1. The molecule has 104 valence electrons. The van der Waals surface area contributed by atoms with Gasteiger partial charge in [0, 0.05) is 37.6 Å². The summed E-state index contributed by atoms with van der Waals surface area (Å²) in [6.45, 7) is 8.40. The van der Waals surface area contributed by atoms with Gasteiger partial charge in [0.15, 0.2) is 0 Å². The highest BCUT2D eigenvalue weighted by atomic mass is 16.6. The minimum absolute atomic E-state index is 0.0455. The molecular formula is C13H23NO4. The summed E-state index contributed by atoms with van der Waals surface area (Å²) in [4.78, 5) is 13.6. The topological polar surface area (TPSA) is 59.0 Å². The number of hydrogen-bond acceptors (Lipinski definition) is 4. The fourth-order valence-electron chi connectivity index (χ4n) is 2.71. The fraction of sp³-hybridized carbons (Fsp3) is 0.923. The van der Waals surface area contributed by atoms with Gasteiger partial charge in [0.25, 0.3) is 0 Å². The Labute approximate surface area is 108 Å². The zero-order chi connectivity index (χ0) is 13.4. The highest BCUT2D eigenvalue weighted by Gasteiger charge is 2.52. The van der Waals surface area contributed by atoms with Crippen LogP contribution in [-0.4, -0.2) is 54.6 Å². The van der Waals surface area contributed by atoms with Crippen molar-refractivity contribution in [3.8, 4) is 0 Å². The second kappa shape index (κ2) is 4.70. The van der Waals surface area contributed by atoms with Crippen LogP contribution in [0.15, 0.2) is 0 Å². The maximum atomic E-state index is 11.9. The quantitative estimate of drug-likeness (QED) is 0.768. The Bertz CT molecular complexity index is 317. The van der Waals surface area contributed by atoms with Gasteiger partial charge < -0.3 is 19.5 Å². The van der Waals surface area contributed by atoms with E-state index in [2.05, 4.69) is 0 Å². The molecule has 0 aromatic carbocycles. The molecule has 2 fully saturated rings. The lowest BCUT2D eigenvalue weighted by atomic mass is 9.67. The van der Waals surface area contributed by atoms with E-state index in [0.29, 0.717) is 19.7 Å². The molecule has 1 N–H and O–H groups in total. The predicted octanol–water partition coefficient (Wildman–Crippen LogP) is 1.25. The number of carbonyl (C=O) groups is 1. The van der Waals surface area contributed by atoms with Crippen LogP contribution in [0.2, 0.25) is 0 Å². The molecule has 0 aromatic heterocycles. The average molecular weight is 257 g/mol. The van der Waals surface area contributed by atoms with Crippen LogP contribution < -0.4 is 0 Å². The monoisotopic (exact) mass is 257 g/mol. The number of rotatable bonds is 1. The van der Waals surface area contributed by atoms with Crippen LogP contribution in [0.1, 0.15) is 27.2 Å². The Morgan fingerprint density at radius 1 is 1.50 bits per heavy atom. The highest BCUT2D eigenvalue weighted by molar-refractivity contribution is 5.69. The van der Waals surface area contributed by atoms with Gasteiger partial charge in [-0.1, -0.05) is 0 Å². The van der Waals surface area contributed by atoms with Gasteiger partial charge in [-0.3, -0.25) is 0 Å². The van der Waals surface area contributed by atoms with E-state index in [1.54, 1.807) is 4.90 Å². The zero-order valence-corrected chi connectivity index (χ0v) is 11.4. The fourth-order valence-corrected chi connectivity index (χ4v) is 2.71. The molecule has 1 amide bonds. The molecule has 0 saturated carbocycles. The Kier molecular flexibility index (Phi) is 3.56. The molecule has 0 radical (unpaired) electrons. The summed E-state index contributed by atoms with van der Waals surface area (Å²) in [5.74, 6) is 0.143. The molecule has 0 aliphatic carbocycles. The minimum Gasteiger partial charge on any atom is -0.444 e. The Balaban J connectivity index is 1.90. The van der Waals surface area contributed by atoms with Crippen molar-refractivity contribution < 1.29 is 19.4 Å². The van der Waals surface area contributed by atoms with E-state index in [9.17, 15) is 9.90 Å². The summed E-state index contributed by atoms with van der Waals surface area (Å²) >= 11 is 0. The molecule has 2 rings (SSSR count). The second-order valence-electron chi connectivity index (χ2n) is 6.40. The molecule has 18 heavy (non-hydrogen) atoms. The van der Waals surface area contributed by atoms with Gasteiger partial charge in [-0.2, -0.15) is 0 Å². The van der Waals surface area contributed by atoms with Crippen LogP contribution >= 0.6 is 0 Å². The molecular weight excluding hydrogens is 234 g/mol. The van der Waals surface area contributed by atoms with Crippen LogP contribution in [0.4, 0.5) is 4.79 Å². The van der Waals surface area contributed by atoms with Crippen molar-refractivity contribution in [3.05, 3.63) is 0 Å². The molecule has 1 atom stereocenters. The Hall–Kier alpha value is -0.810. The molecule has 0 bridgehead atoms. The third kappa shape index (κ3) is 2.62. The van der Waals surface area contributed by atoms with Crippen molar-refractivity contribution in [2.75, 3.05) is 32.9 Å². The number of likely N-dealkylation sites (tertiary alicyclic amines) is 1. The van der Waals surface area contributed by atoms with Gasteiger partial charge in [-0.05, 0) is 27.2 Å². The van der Waals surface area contributed by atoms with Crippen molar-refractivity contribution in [2.24, 2.45) is 11.3 Å². The molecule has 2 aliphatic rings. The first-order valence-corrected chi connectivity index (χ1v) is 6.53. The third-order valence-corrected chi connectivity index (χ3v) is 3.81. The molecule has 1 spiro atoms. The lowest BCUT2D eigenvalue weighted by molar-refractivity contribution is -0.135. The third-order valence-electron chi connectivity index (χ3n) is 3.81. The van der Waals surface area contributed by atoms with Crippen molar-refractivity contribution in [1.82, 2.24) is 4.90 Å². The highest BCUT2D eigenvalue weighted by Crippen LogP contribution is 2.44. The summed E-state index contributed by atoms with van der Waals surface area (Å²) in [6, 6.07) is 0. The van der Waals surface area contributed by atoms with E-state index in [1.807, 2.05) is 20.8 Å². The van der Waals surface area contributed by atoms with Gasteiger partial charge in [0.2, 0.25) is 0 Å². The van der Waals surface area contributed by atoms with Crippen molar-refractivity contribution in [1.29, 1.82) is 0 Å². The van der Waals surface area contributed by atoms with Crippen LogP contribution in [0, 0.1) is 11.3 Å². The summed E-state index contributed by atoms with van der Waals surface area (Å²) in [6.07, 6.45) is 0.661.